The molecule has 6 heteroatoms. The van der Waals surface area contributed by atoms with Crippen molar-refractivity contribution in [1.82, 2.24) is 10.6 Å². The summed E-state index contributed by atoms with van der Waals surface area (Å²) in [6, 6.07) is 7.61. The van der Waals surface area contributed by atoms with Gasteiger partial charge in [-0.2, -0.15) is 0 Å². The Kier molecular flexibility index (Phi) is 8.72. The van der Waals surface area contributed by atoms with Gasteiger partial charge in [0.05, 0.1) is 0 Å². The first kappa shape index (κ1) is 22.3. The number of amides is 3. The highest BCUT2D eigenvalue weighted by Gasteiger charge is 2.21. The van der Waals surface area contributed by atoms with E-state index in [1.54, 1.807) is 0 Å². The minimum atomic E-state index is -0.0874. The number of nitrogens with one attached hydrogen (secondary N) is 3. The normalized spacial score (nSPS) is 17.9. The number of carbonyl (C=O) groups excluding carboxylic acids is 3. The Morgan fingerprint density at radius 3 is 2.10 bits per heavy atom. The summed E-state index contributed by atoms with van der Waals surface area (Å²) in [5, 5.41) is 8.81. The second kappa shape index (κ2) is 11.7. The number of benzene rings is 1. The molecule has 0 heterocycles. The molecule has 3 rings (SSSR count). The van der Waals surface area contributed by atoms with Crippen LogP contribution >= 0.6 is 0 Å². The van der Waals surface area contributed by atoms with Crippen molar-refractivity contribution in [2.45, 2.75) is 77.2 Å². The molecular weight excluding hydrogens is 378 g/mol. The third-order valence-corrected chi connectivity index (χ3v) is 6.29. The number of rotatable bonds is 8. The van der Waals surface area contributed by atoms with Gasteiger partial charge < -0.3 is 16.0 Å². The Bertz CT molecular complexity index is 722. The topological polar surface area (TPSA) is 87.3 Å². The Labute approximate surface area is 179 Å². The van der Waals surface area contributed by atoms with E-state index in [4.69, 9.17) is 0 Å². The average Bonchev–Trinajstić information content (AvgIpc) is 2.79. The summed E-state index contributed by atoms with van der Waals surface area (Å²) >= 11 is 0. The predicted octanol–water partition coefficient (Wildman–Crippen LogP) is 3.91. The molecule has 0 atom stereocenters. The molecule has 2 aliphatic rings. The number of hydrogen-bond donors (Lipinski definition) is 3. The van der Waals surface area contributed by atoms with Gasteiger partial charge in [0.25, 0.3) is 0 Å². The van der Waals surface area contributed by atoms with Crippen molar-refractivity contribution >= 4 is 23.4 Å². The molecule has 2 saturated carbocycles. The van der Waals surface area contributed by atoms with Crippen LogP contribution in [0.3, 0.4) is 0 Å². The Morgan fingerprint density at radius 2 is 1.43 bits per heavy atom. The number of carbonyl (C=O) groups is 3. The SMILES string of the molecule is O=C(CCNC(=O)C1CCCCC1)NCc1cccc(NC(=O)C2CCCCC2)c1. The second-order valence-corrected chi connectivity index (χ2v) is 8.68. The molecule has 2 aliphatic carbocycles. The fourth-order valence-corrected chi connectivity index (χ4v) is 4.47. The monoisotopic (exact) mass is 413 g/mol. The van der Waals surface area contributed by atoms with Crippen LogP contribution < -0.4 is 16.0 Å². The lowest BCUT2D eigenvalue weighted by atomic mass is 9.88. The summed E-state index contributed by atoms with van der Waals surface area (Å²) in [7, 11) is 0. The maximum atomic E-state index is 12.4. The molecule has 0 spiro atoms. The van der Waals surface area contributed by atoms with Gasteiger partial charge in [0.2, 0.25) is 17.7 Å². The third-order valence-electron chi connectivity index (χ3n) is 6.29. The molecule has 3 amide bonds. The van der Waals surface area contributed by atoms with E-state index >= 15 is 0 Å². The van der Waals surface area contributed by atoms with Gasteiger partial charge >= 0.3 is 0 Å². The van der Waals surface area contributed by atoms with Gasteiger partial charge in [-0.1, -0.05) is 50.7 Å². The molecule has 30 heavy (non-hydrogen) atoms. The van der Waals surface area contributed by atoms with Crippen molar-refractivity contribution < 1.29 is 14.4 Å². The molecule has 0 aliphatic heterocycles. The molecule has 6 nitrogen and oxygen atoms in total. The molecular formula is C24H35N3O3. The minimum absolute atomic E-state index is 0.0870. The van der Waals surface area contributed by atoms with Gasteiger partial charge in [0.15, 0.2) is 0 Å². The summed E-state index contributed by atoms with van der Waals surface area (Å²) in [6.07, 6.45) is 11.1. The zero-order valence-electron chi connectivity index (χ0n) is 17.9. The number of anilines is 1. The van der Waals surface area contributed by atoms with Crippen LogP contribution in [0.4, 0.5) is 5.69 Å². The Morgan fingerprint density at radius 1 is 0.800 bits per heavy atom. The predicted molar refractivity (Wildman–Crippen MR) is 118 cm³/mol. The van der Waals surface area contributed by atoms with E-state index in [9.17, 15) is 14.4 Å². The molecule has 1 aromatic rings. The number of hydrogen-bond acceptors (Lipinski definition) is 3. The van der Waals surface area contributed by atoms with Crippen LogP contribution in [0.15, 0.2) is 24.3 Å². The van der Waals surface area contributed by atoms with Crippen molar-refractivity contribution in [2.75, 3.05) is 11.9 Å². The van der Waals surface area contributed by atoms with E-state index < -0.39 is 0 Å². The molecule has 0 aromatic heterocycles. The van der Waals surface area contributed by atoms with Crippen LogP contribution in [0.2, 0.25) is 0 Å². The zero-order chi connectivity index (χ0) is 21.2. The average molecular weight is 414 g/mol. The summed E-state index contributed by atoms with van der Waals surface area (Å²) < 4.78 is 0. The van der Waals surface area contributed by atoms with Crippen LogP contribution in [0.5, 0.6) is 0 Å². The largest absolute Gasteiger partial charge is 0.355 e. The van der Waals surface area contributed by atoms with Crippen molar-refractivity contribution in [3.63, 3.8) is 0 Å². The highest BCUT2D eigenvalue weighted by molar-refractivity contribution is 5.92. The lowest BCUT2D eigenvalue weighted by molar-refractivity contribution is -0.126. The fraction of sp³-hybridized carbons (Fsp3) is 0.625. The minimum Gasteiger partial charge on any atom is -0.355 e. The van der Waals surface area contributed by atoms with Crippen LogP contribution in [-0.2, 0) is 20.9 Å². The van der Waals surface area contributed by atoms with Gasteiger partial charge in [0.1, 0.15) is 0 Å². The summed E-state index contributed by atoms with van der Waals surface area (Å²) in [4.78, 5) is 36.6. The molecule has 0 saturated heterocycles. The van der Waals surface area contributed by atoms with E-state index in [0.717, 1.165) is 62.6 Å². The molecule has 0 bridgehead atoms. The lowest BCUT2D eigenvalue weighted by Crippen LogP contribution is -2.35. The molecule has 2 fully saturated rings. The first-order valence-electron chi connectivity index (χ1n) is 11.6. The van der Waals surface area contributed by atoms with Crippen molar-refractivity contribution in [3.05, 3.63) is 29.8 Å². The van der Waals surface area contributed by atoms with Gasteiger partial charge in [-0.3, -0.25) is 14.4 Å². The maximum Gasteiger partial charge on any atom is 0.227 e. The van der Waals surface area contributed by atoms with Crippen LogP contribution in [0.1, 0.15) is 76.2 Å². The summed E-state index contributed by atoms with van der Waals surface area (Å²) in [5.41, 5.74) is 1.72. The third kappa shape index (κ3) is 7.15. The first-order valence-corrected chi connectivity index (χ1v) is 11.6. The highest BCUT2D eigenvalue weighted by atomic mass is 16.2. The van der Waals surface area contributed by atoms with Gasteiger partial charge in [0, 0.05) is 37.0 Å². The fourth-order valence-electron chi connectivity index (χ4n) is 4.47. The van der Waals surface area contributed by atoms with E-state index in [1.807, 2.05) is 24.3 Å². The van der Waals surface area contributed by atoms with Gasteiger partial charge in [-0.25, -0.2) is 0 Å². The maximum absolute atomic E-state index is 12.4. The van der Waals surface area contributed by atoms with Crippen LogP contribution in [0.25, 0.3) is 0 Å². The summed E-state index contributed by atoms with van der Waals surface area (Å²) in [6.45, 7) is 0.779. The van der Waals surface area contributed by atoms with Gasteiger partial charge in [-0.15, -0.1) is 0 Å². The molecule has 0 unspecified atom stereocenters. The smallest absolute Gasteiger partial charge is 0.227 e. The standard InChI is InChI=1S/C24H35N3O3/c28-22(14-15-25-23(29)19-9-3-1-4-10-19)26-17-18-8-7-13-21(16-18)27-24(30)20-11-5-2-6-12-20/h7-8,13,16,19-20H,1-6,9-12,14-15,17H2,(H,25,29)(H,26,28)(H,27,30). The molecule has 164 valence electrons. The van der Waals surface area contributed by atoms with Crippen molar-refractivity contribution in [3.8, 4) is 0 Å². The molecule has 3 N–H and O–H groups in total. The zero-order valence-corrected chi connectivity index (χ0v) is 17.9. The molecule has 0 radical (unpaired) electrons. The quantitative estimate of drug-likeness (QED) is 0.604. The lowest BCUT2D eigenvalue weighted by Gasteiger charge is -2.21. The van der Waals surface area contributed by atoms with E-state index in [-0.39, 0.29) is 36.0 Å². The van der Waals surface area contributed by atoms with E-state index in [0.29, 0.717) is 13.1 Å². The highest BCUT2D eigenvalue weighted by Crippen LogP contribution is 2.25. The van der Waals surface area contributed by atoms with E-state index in [1.165, 1.54) is 12.8 Å². The van der Waals surface area contributed by atoms with E-state index in [2.05, 4.69) is 16.0 Å². The van der Waals surface area contributed by atoms with Crippen LogP contribution in [-0.4, -0.2) is 24.3 Å². The first-order chi connectivity index (χ1) is 14.6. The molecule has 1 aromatic carbocycles. The Hall–Kier alpha value is -2.37. The van der Waals surface area contributed by atoms with Gasteiger partial charge in [-0.05, 0) is 43.4 Å². The second-order valence-electron chi connectivity index (χ2n) is 8.68. The van der Waals surface area contributed by atoms with Crippen LogP contribution in [0, 0.1) is 11.8 Å². The Balaban J connectivity index is 1.36. The summed E-state index contributed by atoms with van der Waals surface area (Å²) in [5.74, 6) is 0.336. The van der Waals surface area contributed by atoms with Crippen molar-refractivity contribution in [1.29, 1.82) is 0 Å². The van der Waals surface area contributed by atoms with Crippen molar-refractivity contribution in [2.24, 2.45) is 11.8 Å².